The van der Waals surface area contributed by atoms with E-state index < -0.39 is 5.82 Å². The molecule has 2 aromatic rings. The molecule has 30 heavy (non-hydrogen) atoms. The van der Waals surface area contributed by atoms with E-state index in [2.05, 4.69) is 22.6 Å². The van der Waals surface area contributed by atoms with Gasteiger partial charge in [-0.25, -0.2) is 4.39 Å². The van der Waals surface area contributed by atoms with Crippen LogP contribution in [0.2, 0.25) is 0 Å². The smallest absolute Gasteiger partial charge is 0.261 e. The lowest BCUT2D eigenvalue weighted by atomic mass is 9.89. The van der Waals surface area contributed by atoms with Crippen molar-refractivity contribution >= 4 is 40.3 Å². The van der Waals surface area contributed by atoms with Crippen molar-refractivity contribution in [2.45, 2.75) is 32.7 Å². The van der Waals surface area contributed by atoms with Gasteiger partial charge in [-0.15, -0.1) is 0 Å². The third-order valence-corrected chi connectivity index (χ3v) is 7.51. The van der Waals surface area contributed by atoms with Crippen LogP contribution in [0.15, 0.2) is 36.4 Å². The second-order valence-electron chi connectivity index (χ2n) is 8.04. The van der Waals surface area contributed by atoms with Crippen molar-refractivity contribution < 1.29 is 18.8 Å². The Bertz CT molecular complexity index is 1020. The number of imide groups is 1. The number of carbonyl (C=O) groups excluding carboxylic acids is 3. The largest absolute Gasteiger partial charge is 0.334 e. The zero-order chi connectivity index (χ0) is 21.6. The number of hydrogen-bond donors (Lipinski definition) is 0. The summed E-state index contributed by atoms with van der Waals surface area (Å²) in [4.78, 5) is 42.0. The van der Waals surface area contributed by atoms with Crippen molar-refractivity contribution in [1.82, 2.24) is 9.80 Å². The van der Waals surface area contributed by atoms with Crippen molar-refractivity contribution in [2.24, 2.45) is 5.92 Å². The Morgan fingerprint density at radius 1 is 1.17 bits per heavy atom. The molecule has 7 heteroatoms. The average molecular weight is 520 g/mol. The van der Waals surface area contributed by atoms with Gasteiger partial charge in [-0.05, 0) is 78.1 Å². The van der Waals surface area contributed by atoms with Gasteiger partial charge >= 0.3 is 0 Å². The van der Waals surface area contributed by atoms with E-state index in [4.69, 9.17) is 0 Å². The monoisotopic (exact) mass is 520 g/mol. The van der Waals surface area contributed by atoms with Gasteiger partial charge in [-0.3, -0.25) is 19.3 Å². The fourth-order valence-electron chi connectivity index (χ4n) is 4.41. The number of nitrogens with zero attached hydrogens (tertiary/aromatic N) is 2. The maximum Gasteiger partial charge on any atom is 0.261 e. The summed E-state index contributed by atoms with van der Waals surface area (Å²) in [5.41, 5.74) is 1.84. The van der Waals surface area contributed by atoms with Gasteiger partial charge < -0.3 is 4.90 Å². The van der Waals surface area contributed by atoms with Crippen LogP contribution in [0.4, 0.5) is 4.39 Å². The van der Waals surface area contributed by atoms with Crippen molar-refractivity contribution in [2.75, 3.05) is 13.1 Å². The Morgan fingerprint density at radius 2 is 1.80 bits per heavy atom. The van der Waals surface area contributed by atoms with Gasteiger partial charge in [0.1, 0.15) is 5.82 Å². The summed E-state index contributed by atoms with van der Waals surface area (Å²) in [5.74, 6) is -1.23. The van der Waals surface area contributed by atoms with E-state index in [0.29, 0.717) is 28.8 Å². The summed E-state index contributed by atoms with van der Waals surface area (Å²) < 4.78 is 14.7. The fourth-order valence-corrected chi connectivity index (χ4v) is 4.95. The van der Waals surface area contributed by atoms with E-state index in [1.165, 1.54) is 17.0 Å². The lowest BCUT2D eigenvalue weighted by Gasteiger charge is -2.41. The van der Waals surface area contributed by atoms with E-state index in [-0.39, 0.29) is 36.2 Å². The molecule has 0 saturated carbocycles. The molecule has 0 aromatic heterocycles. The Hall–Kier alpha value is -2.29. The third-order valence-electron chi connectivity index (χ3n) is 6.07. The van der Waals surface area contributed by atoms with Crippen molar-refractivity contribution in [1.29, 1.82) is 0 Å². The van der Waals surface area contributed by atoms with E-state index in [9.17, 15) is 18.8 Å². The van der Waals surface area contributed by atoms with Crippen molar-refractivity contribution in [3.05, 3.63) is 68.0 Å². The second kappa shape index (κ2) is 8.09. The minimum absolute atomic E-state index is 0.110. The molecule has 2 aromatic carbocycles. The molecule has 0 spiro atoms. The van der Waals surface area contributed by atoms with Crippen LogP contribution in [0.5, 0.6) is 0 Å². The Morgan fingerprint density at radius 3 is 2.43 bits per heavy atom. The predicted molar refractivity (Wildman–Crippen MR) is 119 cm³/mol. The number of piperidine rings is 1. The molecular formula is C23H22FIN2O3. The minimum atomic E-state index is -0.446. The number of likely N-dealkylation sites (tertiary alicyclic amines) is 1. The maximum absolute atomic E-state index is 14.0. The highest BCUT2D eigenvalue weighted by Gasteiger charge is 2.41. The molecule has 1 saturated heterocycles. The third kappa shape index (κ3) is 3.53. The topological polar surface area (TPSA) is 57.7 Å². The highest BCUT2D eigenvalue weighted by molar-refractivity contribution is 14.1. The molecule has 1 fully saturated rings. The molecule has 3 amide bonds. The first-order valence-electron chi connectivity index (χ1n) is 10.0. The van der Waals surface area contributed by atoms with Gasteiger partial charge in [0.25, 0.3) is 17.7 Å². The van der Waals surface area contributed by atoms with Crippen LogP contribution in [0.25, 0.3) is 0 Å². The summed E-state index contributed by atoms with van der Waals surface area (Å²) in [6, 6.07) is 9.15. The lowest BCUT2D eigenvalue weighted by molar-refractivity contribution is 0.0368. The minimum Gasteiger partial charge on any atom is -0.334 e. The number of aryl methyl sites for hydroxylation is 1. The van der Waals surface area contributed by atoms with E-state index in [1.54, 1.807) is 36.1 Å². The van der Waals surface area contributed by atoms with Crippen LogP contribution < -0.4 is 0 Å². The summed E-state index contributed by atoms with van der Waals surface area (Å²) in [6.07, 6.45) is 1.73. The first-order chi connectivity index (χ1) is 14.3. The molecule has 0 bridgehead atoms. The van der Waals surface area contributed by atoms with E-state index in [0.717, 1.165) is 16.4 Å². The summed E-state index contributed by atoms with van der Waals surface area (Å²) in [5, 5.41) is 0. The van der Waals surface area contributed by atoms with Crippen LogP contribution in [-0.2, 0) is 0 Å². The van der Waals surface area contributed by atoms with Crippen LogP contribution in [-0.4, -0.2) is 46.7 Å². The molecule has 2 heterocycles. The summed E-state index contributed by atoms with van der Waals surface area (Å²) >= 11 is 2.07. The molecule has 2 atom stereocenters. The van der Waals surface area contributed by atoms with Crippen LogP contribution in [0.1, 0.15) is 56.4 Å². The number of carbonyl (C=O) groups is 3. The van der Waals surface area contributed by atoms with Crippen LogP contribution in [0.3, 0.4) is 0 Å². The molecule has 0 radical (unpaired) electrons. The normalized spacial score (nSPS) is 21.2. The Balaban J connectivity index is 1.64. The number of benzene rings is 2. The molecule has 5 nitrogen and oxygen atoms in total. The summed E-state index contributed by atoms with van der Waals surface area (Å²) in [7, 11) is 0. The highest BCUT2D eigenvalue weighted by atomic mass is 127. The first-order valence-corrected chi connectivity index (χ1v) is 11.1. The van der Waals surface area contributed by atoms with Crippen LogP contribution in [0, 0.1) is 22.2 Å². The molecule has 2 aliphatic rings. The first kappa shape index (κ1) is 21.0. The second-order valence-corrected chi connectivity index (χ2v) is 9.11. The fraction of sp³-hybridized carbons (Fsp3) is 0.348. The number of fused-ring (bicyclic) bond motifs is 1. The summed E-state index contributed by atoms with van der Waals surface area (Å²) in [6.45, 7) is 4.47. The average Bonchev–Trinajstić information content (AvgIpc) is 2.96. The van der Waals surface area contributed by atoms with Gasteiger partial charge in [-0.2, -0.15) is 0 Å². The van der Waals surface area contributed by atoms with Gasteiger partial charge in [0.05, 0.1) is 29.3 Å². The van der Waals surface area contributed by atoms with E-state index >= 15 is 0 Å². The molecular weight excluding hydrogens is 498 g/mol. The number of hydrogen-bond acceptors (Lipinski definition) is 3. The standard InChI is InChI=1S/C23H22FIN2O3/c1-13-6-5-9-26(23(30)18-11-15(24)10-14(2)20(18)25)19(13)12-27-21(28)16-7-3-4-8-17(16)22(27)29/h3-4,7-8,10-11,13,19H,5-6,9,12H2,1-2H3/t13-,19-/m1/s1. The molecule has 4 rings (SSSR count). The quantitative estimate of drug-likeness (QED) is 0.449. The Labute approximate surface area is 188 Å². The van der Waals surface area contributed by atoms with Crippen molar-refractivity contribution in [3.63, 3.8) is 0 Å². The SMILES string of the molecule is Cc1cc(F)cc(C(=O)N2CCC[C@@H](C)[C@H]2CN2C(=O)c3ccccc3C2=O)c1I. The molecule has 0 unspecified atom stereocenters. The number of rotatable bonds is 3. The maximum atomic E-state index is 14.0. The highest BCUT2D eigenvalue weighted by Crippen LogP contribution is 2.30. The number of halogens is 2. The molecule has 0 aliphatic carbocycles. The van der Waals surface area contributed by atoms with Gasteiger partial charge in [0.15, 0.2) is 0 Å². The van der Waals surface area contributed by atoms with Gasteiger partial charge in [0, 0.05) is 10.1 Å². The predicted octanol–water partition coefficient (Wildman–Crippen LogP) is 4.28. The zero-order valence-electron chi connectivity index (χ0n) is 16.8. The van der Waals surface area contributed by atoms with Gasteiger partial charge in [0.2, 0.25) is 0 Å². The lowest BCUT2D eigenvalue weighted by Crippen LogP contribution is -2.54. The molecule has 156 valence electrons. The van der Waals surface area contributed by atoms with Gasteiger partial charge in [-0.1, -0.05) is 19.1 Å². The number of amides is 3. The Kier molecular flexibility index (Phi) is 5.65. The van der Waals surface area contributed by atoms with Crippen LogP contribution >= 0.6 is 22.6 Å². The molecule has 2 aliphatic heterocycles. The molecule has 0 N–H and O–H groups in total. The van der Waals surface area contributed by atoms with E-state index in [1.807, 2.05) is 6.92 Å². The van der Waals surface area contributed by atoms with Crippen molar-refractivity contribution in [3.8, 4) is 0 Å². The zero-order valence-corrected chi connectivity index (χ0v) is 19.0.